The van der Waals surface area contributed by atoms with Crippen LogP contribution in [0.15, 0.2) is 42.5 Å². The van der Waals surface area contributed by atoms with E-state index in [1.165, 1.54) is 30.3 Å². The molecule has 2 aromatic rings. The van der Waals surface area contributed by atoms with Gasteiger partial charge in [0.1, 0.15) is 5.82 Å². The van der Waals surface area contributed by atoms with Crippen molar-refractivity contribution in [3.8, 4) is 0 Å². The summed E-state index contributed by atoms with van der Waals surface area (Å²) in [5.41, 5.74) is 1.33. The van der Waals surface area contributed by atoms with Gasteiger partial charge in [0.15, 0.2) is 6.29 Å². The number of anilines is 2. The molecule has 0 bridgehead atoms. The number of carbonyl (C=O) groups is 1. The summed E-state index contributed by atoms with van der Waals surface area (Å²) in [4.78, 5) is 23.2. The van der Waals surface area contributed by atoms with E-state index in [1.54, 1.807) is 17.0 Å². The summed E-state index contributed by atoms with van der Waals surface area (Å²) in [6, 6.07) is 9.93. The van der Waals surface area contributed by atoms with E-state index in [9.17, 15) is 19.3 Å². The highest BCUT2D eigenvalue weighted by Crippen LogP contribution is 2.30. The number of aldehydes is 1. The Labute approximate surface area is 120 Å². The Morgan fingerprint density at radius 3 is 2.43 bits per heavy atom. The third kappa shape index (κ3) is 3.05. The van der Waals surface area contributed by atoms with Crippen LogP contribution in [0.3, 0.4) is 0 Å². The molecule has 0 radical (unpaired) electrons. The molecule has 0 N–H and O–H groups in total. The molecule has 2 aromatic carbocycles. The summed E-state index contributed by atoms with van der Waals surface area (Å²) >= 11 is 0. The van der Waals surface area contributed by atoms with E-state index in [2.05, 4.69) is 0 Å². The fourth-order valence-corrected chi connectivity index (χ4v) is 2.11. The summed E-state index contributed by atoms with van der Waals surface area (Å²) < 4.78 is 13.0. The van der Waals surface area contributed by atoms with E-state index in [0.717, 1.165) is 0 Å². The molecule has 0 saturated carbocycles. The van der Waals surface area contributed by atoms with Gasteiger partial charge in [-0.3, -0.25) is 14.9 Å². The topological polar surface area (TPSA) is 63.4 Å². The molecule has 0 aliphatic rings. The molecule has 0 aliphatic carbocycles. The van der Waals surface area contributed by atoms with Gasteiger partial charge in [-0.2, -0.15) is 0 Å². The number of carbonyl (C=O) groups excluding carboxylic acids is 1. The van der Waals surface area contributed by atoms with Gasteiger partial charge in [0.25, 0.3) is 5.69 Å². The van der Waals surface area contributed by atoms with Gasteiger partial charge < -0.3 is 4.90 Å². The Morgan fingerprint density at radius 2 is 1.90 bits per heavy atom. The molecule has 2 rings (SSSR count). The van der Waals surface area contributed by atoms with Crippen molar-refractivity contribution in [1.82, 2.24) is 0 Å². The summed E-state index contributed by atoms with van der Waals surface area (Å²) in [6.07, 6.45) is 0.578. The van der Waals surface area contributed by atoms with Gasteiger partial charge in [-0.1, -0.05) is 0 Å². The largest absolute Gasteiger partial charge is 0.341 e. The molecule has 108 valence electrons. The predicted octanol–water partition coefficient (Wildman–Crippen LogP) is 3.70. The SMILES string of the molecule is CCN(c1ccc(F)cc1)c1ccc([N+](=O)[O-])cc1C=O. The number of rotatable bonds is 5. The predicted molar refractivity (Wildman–Crippen MR) is 77.6 cm³/mol. The van der Waals surface area contributed by atoms with E-state index in [0.29, 0.717) is 24.2 Å². The van der Waals surface area contributed by atoms with Gasteiger partial charge in [-0.25, -0.2) is 4.39 Å². The van der Waals surface area contributed by atoms with Crippen LogP contribution in [0.5, 0.6) is 0 Å². The standard InChI is InChI=1S/C15H13FN2O3/c1-2-17(13-5-3-12(16)4-6-13)15-8-7-14(18(20)21)9-11(15)10-19/h3-10H,2H2,1H3. The van der Waals surface area contributed by atoms with Gasteiger partial charge in [-0.15, -0.1) is 0 Å². The zero-order valence-corrected chi connectivity index (χ0v) is 11.3. The molecule has 0 amide bonds. The Bertz CT molecular complexity index is 671. The number of nitro groups is 1. The first-order valence-electron chi connectivity index (χ1n) is 6.33. The molecular weight excluding hydrogens is 275 g/mol. The molecule has 5 nitrogen and oxygen atoms in total. The van der Waals surface area contributed by atoms with Gasteiger partial charge in [0, 0.05) is 29.9 Å². The smallest absolute Gasteiger partial charge is 0.270 e. The van der Waals surface area contributed by atoms with E-state index < -0.39 is 4.92 Å². The highest BCUT2D eigenvalue weighted by molar-refractivity contribution is 5.88. The fourth-order valence-electron chi connectivity index (χ4n) is 2.11. The van der Waals surface area contributed by atoms with E-state index in [1.807, 2.05) is 6.92 Å². The Balaban J connectivity index is 2.49. The van der Waals surface area contributed by atoms with Crippen molar-refractivity contribution in [2.75, 3.05) is 11.4 Å². The first kappa shape index (κ1) is 14.6. The zero-order valence-electron chi connectivity index (χ0n) is 11.3. The van der Waals surface area contributed by atoms with Crippen LogP contribution in [-0.2, 0) is 0 Å². The summed E-state index contributed by atoms with van der Waals surface area (Å²) in [5.74, 6) is -0.353. The lowest BCUT2D eigenvalue weighted by Gasteiger charge is -2.24. The van der Waals surface area contributed by atoms with Crippen LogP contribution in [0.4, 0.5) is 21.5 Å². The van der Waals surface area contributed by atoms with Gasteiger partial charge in [-0.05, 0) is 37.3 Å². The van der Waals surface area contributed by atoms with E-state index in [-0.39, 0.29) is 17.1 Å². The monoisotopic (exact) mass is 288 g/mol. The third-order valence-corrected chi connectivity index (χ3v) is 3.09. The molecule has 0 fully saturated rings. The van der Waals surface area contributed by atoms with Crippen molar-refractivity contribution in [2.45, 2.75) is 6.92 Å². The highest BCUT2D eigenvalue weighted by Gasteiger charge is 2.15. The van der Waals surface area contributed by atoms with Crippen LogP contribution in [0.25, 0.3) is 0 Å². The van der Waals surface area contributed by atoms with Crippen molar-refractivity contribution in [2.24, 2.45) is 0 Å². The first-order chi connectivity index (χ1) is 10.1. The van der Waals surface area contributed by atoms with Crippen LogP contribution in [0, 0.1) is 15.9 Å². The van der Waals surface area contributed by atoms with Gasteiger partial charge >= 0.3 is 0 Å². The maximum Gasteiger partial charge on any atom is 0.270 e. The number of nitrogens with zero attached hydrogens (tertiary/aromatic N) is 2. The maximum atomic E-state index is 13.0. The molecule has 0 aliphatic heterocycles. The van der Waals surface area contributed by atoms with Gasteiger partial charge in [0.05, 0.1) is 10.6 Å². The van der Waals surface area contributed by atoms with Crippen LogP contribution in [-0.4, -0.2) is 17.8 Å². The summed E-state index contributed by atoms with van der Waals surface area (Å²) in [7, 11) is 0. The molecule has 0 heterocycles. The van der Waals surface area contributed by atoms with Crippen molar-refractivity contribution >= 4 is 23.3 Å². The molecule has 0 spiro atoms. The highest BCUT2D eigenvalue weighted by atomic mass is 19.1. The molecule has 0 saturated heterocycles. The number of hydrogen-bond donors (Lipinski definition) is 0. The molecule has 0 atom stereocenters. The van der Waals surface area contributed by atoms with Crippen LogP contribution < -0.4 is 4.90 Å². The Kier molecular flexibility index (Phi) is 4.27. The minimum atomic E-state index is -0.551. The lowest BCUT2D eigenvalue weighted by Crippen LogP contribution is -2.17. The Morgan fingerprint density at radius 1 is 1.24 bits per heavy atom. The van der Waals surface area contributed by atoms with E-state index in [4.69, 9.17) is 0 Å². The maximum absolute atomic E-state index is 13.0. The molecule has 21 heavy (non-hydrogen) atoms. The summed E-state index contributed by atoms with van der Waals surface area (Å²) in [6.45, 7) is 2.41. The molecule has 0 unspecified atom stereocenters. The Hall–Kier alpha value is -2.76. The van der Waals surface area contributed by atoms with Crippen molar-refractivity contribution in [3.63, 3.8) is 0 Å². The van der Waals surface area contributed by atoms with Gasteiger partial charge in [0.2, 0.25) is 0 Å². The second-order valence-corrected chi connectivity index (χ2v) is 4.34. The van der Waals surface area contributed by atoms with Crippen molar-refractivity contribution in [3.05, 3.63) is 64.0 Å². The fraction of sp³-hybridized carbons (Fsp3) is 0.133. The molecule has 0 aromatic heterocycles. The van der Waals surface area contributed by atoms with Crippen molar-refractivity contribution in [1.29, 1.82) is 0 Å². The second-order valence-electron chi connectivity index (χ2n) is 4.34. The number of benzene rings is 2. The average molecular weight is 288 g/mol. The number of halogens is 1. The van der Waals surface area contributed by atoms with E-state index >= 15 is 0 Å². The van der Waals surface area contributed by atoms with Crippen molar-refractivity contribution < 1.29 is 14.1 Å². The molecule has 6 heteroatoms. The quantitative estimate of drug-likeness (QED) is 0.478. The number of non-ortho nitro benzene ring substituents is 1. The summed E-state index contributed by atoms with van der Waals surface area (Å²) in [5, 5.41) is 10.8. The first-order valence-corrected chi connectivity index (χ1v) is 6.33. The van der Waals surface area contributed by atoms with Crippen LogP contribution in [0.2, 0.25) is 0 Å². The zero-order chi connectivity index (χ0) is 15.4. The van der Waals surface area contributed by atoms with Crippen LogP contribution in [0.1, 0.15) is 17.3 Å². The normalized spacial score (nSPS) is 10.2. The minimum absolute atomic E-state index is 0.143. The number of nitro benzene ring substituents is 1. The minimum Gasteiger partial charge on any atom is -0.341 e. The second kappa shape index (κ2) is 6.13. The lowest BCUT2D eigenvalue weighted by molar-refractivity contribution is -0.384. The molecular formula is C15H13FN2O3. The average Bonchev–Trinajstić information content (AvgIpc) is 2.50. The number of hydrogen-bond acceptors (Lipinski definition) is 4. The van der Waals surface area contributed by atoms with Crippen LogP contribution >= 0.6 is 0 Å². The third-order valence-electron chi connectivity index (χ3n) is 3.09. The lowest BCUT2D eigenvalue weighted by atomic mass is 10.1.